The van der Waals surface area contributed by atoms with E-state index in [1.54, 1.807) is 18.2 Å². The molecule has 0 aliphatic carbocycles. The highest BCUT2D eigenvalue weighted by molar-refractivity contribution is 7.09. The molecule has 120 valence electrons. The van der Waals surface area contributed by atoms with Crippen molar-refractivity contribution >= 4 is 29.0 Å². The summed E-state index contributed by atoms with van der Waals surface area (Å²) in [5.74, 6) is -0.332. The smallest absolute Gasteiger partial charge is 0.276 e. The minimum atomic E-state index is -0.608. The first kappa shape index (κ1) is 16.8. The van der Waals surface area contributed by atoms with Gasteiger partial charge in [0.05, 0.1) is 16.0 Å². The van der Waals surface area contributed by atoms with E-state index in [2.05, 4.69) is 10.3 Å². The van der Waals surface area contributed by atoms with E-state index in [4.69, 9.17) is 0 Å². The van der Waals surface area contributed by atoms with Crippen LogP contribution in [0.2, 0.25) is 0 Å². The van der Waals surface area contributed by atoms with Gasteiger partial charge in [0.15, 0.2) is 0 Å². The predicted octanol–water partition coefficient (Wildman–Crippen LogP) is 3.42. The van der Waals surface area contributed by atoms with Crippen LogP contribution in [-0.4, -0.2) is 15.8 Å². The molecular formula is C16H17N3O3S. The Morgan fingerprint density at radius 1 is 1.39 bits per heavy atom. The van der Waals surface area contributed by atoms with Crippen molar-refractivity contribution in [3.63, 3.8) is 0 Å². The number of carbonyl (C=O) groups is 1. The minimum absolute atomic E-state index is 0.0358. The summed E-state index contributed by atoms with van der Waals surface area (Å²) < 4.78 is 0. The molecule has 1 aromatic carbocycles. The Balaban J connectivity index is 2.12. The second kappa shape index (κ2) is 6.70. The maximum Gasteiger partial charge on any atom is 0.276 e. The molecule has 0 radical (unpaired) electrons. The van der Waals surface area contributed by atoms with Gasteiger partial charge in [-0.1, -0.05) is 12.1 Å². The van der Waals surface area contributed by atoms with Crippen molar-refractivity contribution < 1.29 is 9.72 Å². The molecule has 0 bridgehead atoms. The van der Waals surface area contributed by atoms with E-state index in [1.807, 2.05) is 26.2 Å². The molecule has 0 aliphatic heterocycles. The number of carbonyl (C=O) groups excluding carboxylic acids is 1. The van der Waals surface area contributed by atoms with Crippen molar-refractivity contribution in [2.75, 3.05) is 0 Å². The second-order valence-electron chi connectivity index (χ2n) is 5.56. The van der Waals surface area contributed by atoms with E-state index in [1.165, 1.54) is 29.6 Å². The maximum atomic E-state index is 12.1. The van der Waals surface area contributed by atoms with Gasteiger partial charge in [-0.15, -0.1) is 11.3 Å². The molecular weight excluding hydrogens is 314 g/mol. The molecule has 0 aliphatic rings. The van der Waals surface area contributed by atoms with E-state index >= 15 is 0 Å². The number of hydrogen-bond acceptors (Lipinski definition) is 5. The topological polar surface area (TPSA) is 85.1 Å². The summed E-state index contributed by atoms with van der Waals surface area (Å²) in [6.07, 6.45) is 2.74. The molecule has 1 amide bonds. The number of nitrogens with one attached hydrogen (secondary N) is 1. The summed E-state index contributed by atoms with van der Waals surface area (Å²) >= 11 is 1.48. The quantitative estimate of drug-likeness (QED) is 0.517. The number of para-hydroxylation sites is 1. The summed E-state index contributed by atoms with van der Waals surface area (Å²) in [6.45, 7) is 5.62. The van der Waals surface area contributed by atoms with Crippen LogP contribution >= 0.6 is 11.3 Å². The largest absolute Gasteiger partial charge is 0.341 e. The zero-order chi connectivity index (χ0) is 17.0. The van der Waals surface area contributed by atoms with Gasteiger partial charge in [0.2, 0.25) is 5.91 Å². The normalized spacial score (nSPS) is 11.6. The fourth-order valence-corrected chi connectivity index (χ4v) is 2.88. The number of nitro benzene ring substituents is 1. The lowest BCUT2D eigenvalue weighted by Gasteiger charge is -2.22. The third kappa shape index (κ3) is 4.23. The Morgan fingerprint density at radius 3 is 2.70 bits per heavy atom. The number of nitro groups is 1. The maximum absolute atomic E-state index is 12.1. The van der Waals surface area contributed by atoms with Crippen molar-refractivity contribution in [1.82, 2.24) is 10.3 Å². The number of nitrogens with zero attached hydrogens (tertiary/aromatic N) is 2. The Morgan fingerprint density at radius 2 is 2.09 bits per heavy atom. The van der Waals surface area contributed by atoms with E-state index in [0.717, 1.165) is 10.7 Å². The average Bonchev–Trinajstić information content (AvgIpc) is 2.92. The highest BCUT2D eigenvalue weighted by atomic mass is 32.1. The van der Waals surface area contributed by atoms with Gasteiger partial charge in [0.25, 0.3) is 5.69 Å². The first-order valence-electron chi connectivity index (χ1n) is 6.96. The molecule has 7 heteroatoms. The number of hydrogen-bond donors (Lipinski definition) is 1. The molecule has 0 atom stereocenters. The van der Waals surface area contributed by atoms with Crippen LogP contribution in [0.5, 0.6) is 0 Å². The Labute approximate surface area is 138 Å². The van der Waals surface area contributed by atoms with Gasteiger partial charge in [-0.25, -0.2) is 4.98 Å². The van der Waals surface area contributed by atoms with Crippen LogP contribution in [0.4, 0.5) is 5.69 Å². The molecule has 0 fully saturated rings. The van der Waals surface area contributed by atoms with Crippen molar-refractivity contribution in [3.05, 3.63) is 62.1 Å². The highest BCUT2D eigenvalue weighted by Gasteiger charge is 2.25. The number of benzene rings is 1. The Kier molecular flexibility index (Phi) is 4.90. The van der Waals surface area contributed by atoms with Gasteiger partial charge in [-0.2, -0.15) is 0 Å². The van der Waals surface area contributed by atoms with E-state index in [0.29, 0.717) is 5.56 Å². The fourth-order valence-electron chi connectivity index (χ4n) is 2.00. The van der Waals surface area contributed by atoms with Crippen LogP contribution in [0.1, 0.15) is 30.1 Å². The van der Waals surface area contributed by atoms with Crippen LogP contribution < -0.4 is 5.32 Å². The Bertz CT molecular complexity index is 765. The zero-order valence-corrected chi connectivity index (χ0v) is 13.9. The molecule has 0 spiro atoms. The number of rotatable bonds is 5. The van der Waals surface area contributed by atoms with E-state index in [9.17, 15) is 14.9 Å². The van der Waals surface area contributed by atoms with Crippen LogP contribution in [0.3, 0.4) is 0 Å². The minimum Gasteiger partial charge on any atom is -0.341 e. The highest BCUT2D eigenvalue weighted by Crippen LogP contribution is 2.24. The molecule has 1 aromatic heterocycles. The van der Waals surface area contributed by atoms with Gasteiger partial charge in [-0.3, -0.25) is 14.9 Å². The molecule has 6 nitrogen and oxygen atoms in total. The molecule has 2 rings (SSSR count). The van der Waals surface area contributed by atoms with Crippen LogP contribution in [0.15, 0.2) is 35.7 Å². The first-order valence-corrected chi connectivity index (χ1v) is 7.84. The number of amides is 1. The average molecular weight is 331 g/mol. The summed E-state index contributed by atoms with van der Waals surface area (Å²) in [4.78, 5) is 27.0. The lowest BCUT2D eigenvalue weighted by atomic mass is 10.1. The summed E-state index contributed by atoms with van der Waals surface area (Å²) in [6, 6.07) is 6.27. The molecule has 1 N–H and O–H groups in total. The second-order valence-corrected chi connectivity index (χ2v) is 6.42. The number of aryl methyl sites for hydroxylation is 1. The molecule has 23 heavy (non-hydrogen) atoms. The summed E-state index contributed by atoms with van der Waals surface area (Å²) in [7, 11) is 0. The third-order valence-corrected chi connectivity index (χ3v) is 4.42. The number of aromatic nitrogens is 1. The van der Waals surface area contributed by atoms with Gasteiger partial charge in [0, 0.05) is 23.2 Å². The lowest BCUT2D eigenvalue weighted by Crippen LogP contribution is -2.40. The van der Waals surface area contributed by atoms with Crippen molar-refractivity contribution in [1.29, 1.82) is 0 Å². The van der Waals surface area contributed by atoms with E-state index < -0.39 is 10.5 Å². The standard InChI is InChI=1S/C16H17N3O3S/c1-11-10-23-15(17-11)16(2,3)18-14(20)9-8-12-6-4-5-7-13(12)19(21)22/h4-10H,1-3H3,(H,18,20)/b9-8+. The predicted molar refractivity (Wildman–Crippen MR) is 90.2 cm³/mol. The van der Waals surface area contributed by atoms with Crippen LogP contribution in [0.25, 0.3) is 6.08 Å². The van der Waals surface area contributed by atoms with Gasteiger partial charge in [-0.05, 0) is 32.9 Å². The van der Waals surface area contributed by atoms with E-state index in [-0.39, 0.29) is 11.6 Å². The van der Waals surface area contributed by atoms with Crippen molar-refractivity contribution in [3.8, 4) is 0 Å². The molecule has 0 saturated carbocycles. The molecule has 1 heterocycles. The van der Waals surface area contributed by atoms with Gasteiger partial charge in [0.1, 0.15) is 5.01 Å². The zero-order valence-electron chi connectivity index (χ0n) is 13.1. The SMILES string of the molecule is Cc1csc(C(C)(C)NC(=O)/C=C/c2ccccc2[N+](=O)[O-])n1. The number of thiazole rings is 1. The monoisotopic (exact) mass is 331 g/mol. The molecule has 0 saturated heterocycles. The third-order valence-electron chi connectivity index (χ3n) is 3.14. The van der Waals surface area contributed by atoms with Gasteiger partial charge >= 0.3 is 0 Å². The molecule has 0 unspecified atom stereocenters. The molecule has 2 aromatic rings. The van der Waals surface area contributed by atoms with Crippen LogP contribution in [0, 0.1) is 17.0 Å². The van der Waals surface area contributed by atoms with Gasteiger partial charge < -0.3 is 5.32 Å². The lowest BCUT2D eigenvalue weighted by molar-refractivity contribution is -0.385. The van der Waals surface area contributed by atoms with Crippen molar-refractivity contribution in [2.24, 2.45) is 0 Å². The first-order chi connectivity index (χ1) is 10.8. The fraction of sp³-hybridized carbons (Fsp3) is 0.250. The van der Waals surface area contributed by atoms with Crippen molar-refractivity contribution in [2.45, 2.75) is 26.3 Å². The van der Waals surface area contributed by atoms with Crippen LogP contribution in [-0.2, 0) is 10.3 Å². The Hall–Kier alpha value is -2.54. The summed E-state index contributed by atoms with van der Waals surface area (Å²) in [5, 5.41) is 16.5. The summed E-state index contributed by atoms with van der Waals surface area (Å²) in [5.41, 5.74) is 0.646.